The van der Waals surface area contributed by atoms with Gasteiger partial charge in [0.1, 0.15) is 16.9 Å². The molecule has 2 aromatic carbocycles. The number of halogens is 2. The Bertz CT molecular complexity index is 2150. The maximum atomic E-state index is 15.3. The molecular weight excluding hydrogens is 574 g/mol. The number of imidazole rings is 1. The lowest BCUT2D eigenvalue weighted by Gasteiger charge is -2.13. The van der Waals surface area contributed by atoms with Crippen LogP contribution in [0, 0.1) is 11.6 Å². The van der Waals surface area contributed by atoms with E-state index in [-0.39, 0.29) is 35.5 Å². The Balaban J connectivity index is 1.29. The molecule has 0 atom stereocenters. The molecule has 6 rings (SSSR count). The van der Waals surface area contributed by atoms with Crippen LogP contribution in [0.3, 0.4) is 0 Å². The van der Waals surface area contributed by atoms with Gasteiger partial charge in [-0.25, -0.2) is 27.6 Å². The zero-order valence-corrected chi connectivity index (χ0v) is 23.2. The largest absolute Gasteiger partial charge is 0.452 e. The number of aliphatic hydroxyl groups is 1. The van der Waals surface area contributed by atoms with Crippen molar-refractivity contribution in [3.63, 3.8) is 0 Å². The van der Waals surface area contributed by atoms with E-state index in [4.69, 9.17) is 4.74 Å². The van der Waals surface area contributed by atoms with Crippen LogP contribution in [0.25, 0.3) is 22.5 Å². The Morgan fingerprint density at radius 3 is 2.48 bits per heavy atom. The number of ether oxygens (including phenoxy) is 1. The Morgan fingerprint density at radius 1 is 0.977 bits per heavy atom. The van der Waals surface area contributed by atoms with Gasteiger partial charge in [0, 0.05) is 37.6 Å². The highest BCUT2D eigenvalue weighted by atomic mass is 19.1. The number of pyridine rings is 1. The predicted molar refractivity (Wildman–Crippen MR) is 155 cm³/mol. The van der Waals surface area contributed by atoms with E-state index in [1.165, 1.54) is 24.3 Å². The number of nitrogens with zero attached hydrogens (tertiary/aromatic N) is 6. The third kappa shape index (κ3) is 5.43. The summed E-state index contributed by atoms with van der Waals surface area (Å²) in [6.07, 6.45) is 7.55. The second-order valence-electron chi connectivity index (χ2n) is 10.0. The van der Waals surface area contributed by atoms with E-state index < -0.39 is 35.3 Å². The quantitative estimate of drug-likeness (QED) is 0.253. The van der Waals surface area contributed by atoms with Crippen molar-refractivity contribution in [3.05, 3.63) is 129 Å². The molecule has 0 unspecified atom stereocenters. The van der Waals surface area contributed by atoms with Crippen LogP contribution >= 0.6 is 0 Å². The molecule has 4 heterocycles. The summed E-state index contributed by atoms with van der Waals surface area (Å²) in [5.41, 5.74) is 0.203. The van der Waals surface area contributed by atoms with Gasteiger partial charge in [0.25, 0.3) is 5.56 Å². The van der Waals surface area contributed by atoms with Gasteiger partial charge in [0.15, 0.2) is 23.1 Å². The fourth-order valence-electron chi connectivity index (χ4n) is 4.80. The highest BCUT2D eigenvalue weighted by Gasteiger charge is 2.20. The van der Waals surface area contributed by atoms with Gasteiger partial charge in [0.2, 0.25) is 0 Å². The number of fused-ring (bicyclic) bond motifs is 1. The van der Waals surface area contributed by atoms with Gasteiger partial charge in [-0.1, -0.05) is 6.07 Å². The minimum Gasteiger partial charge on any atom is -0.452 e. The molecule has 0 aliphatic heterocycles. The first kappa shape index (κ1) is 28.4. The molecule has 0 amide bonds. The minimum absolute atomic E-state index is 0.0506. The Labute approximate surface area is 247 Å². The summed E-state index contributed by atoms with van der Waals surface area (Å²) in [5, 5.41) is 13.7. The summed E-state index contributed by atoms with van der Waals surface area (Å²) in [4.78, 5) is 43.8. The fraction of sp³-hybridized carbons (Fsp3) is 0.129. The minimum atomic E-state index is -0.918. The van der Waals surface area contributed by atoms with E-state index in [0.29, 0.717) is 22.5 Å². The number of aliphatic hydroxyl groups excluding tert-OH is 1. The topological polar surface area (TPSA) is 126 Å². The molecule has 0 aliphatic carbocycles. The molecule has 0 spiro atoms. The van der Waals surface area contributed by atoms with Gasteiger partial charge < -0.3 is 14.4 Å². The summed E-state index contributed by atoms with van der Waals surface area (Å²) in [6.45, 7) is -0.620. The van der Waals surface area contributed by atoms with Crippen molar-refractivity contribution < 1.29 is 23.4 Å². The lowest BCUT2D eigenvalue weighted by atomic mass is 10.0. The number of aryl methyl sites for hydroxylation is 1. The van der Waals surface area contributed by atoms with Gasteiger partial charge in [0.05, 0.1) is 37.1 Å². The number of ketones is 1. The first-order chi connectivity index (χ1) is 21.2. The number of carbonyl (C=O) groups excluding carboxylic acids is 1. The standard InChI is InChI=1S/C31H24F2N6O5/c1-36-17-25(34-18-36)20-14-29(26-8-9-35-38(26)15-20)44-28-7-2-19(12-24(28)33)13-27(41)23-16-37(10-11-40)31(43)39(30(23)42)22-5-3-21(32)4-6-22/h2-9,12,14-18,40H,10-11,13H2,1H3. The van der Waals surface area contributed by atoms with Crippen molar-refractivity contribution in [2.45, 2.75) is 13.0 Å². The average Bonchev–Trinajstić information content (AvgIpc) is 3.66. The van der Waals surface area contributed by atoms with Crippen LogP contribution in [-0.4, -0.2) is 45.8 Å². The van der Waals surface area contributed by atoms with E-state index in [1.807, 2.05) is 13.2 Å². The Morgan fingerprint density at radius 2 is 1.77 bits per heavy atom. The van der Waals surface area contributed by atoms with Crippen molar-refractivity contribution >= 4 is 11.3 Å². The maximum absolute atomic E-state index is 15.3. The zero-order valence-electron chi connectivity index (χ0n) is 23.2. The van der Waals surface area contributed by atoms with Crippen molar-refractivity contribution in [2.75, 3.05) is 6.61 Å². The lowest BCUT2D eigenvalue weighted by molar-refractivity contribution is 0.0989. The summed E-state index contributed by atoms with van der Waals surface area (Å²) >= 11 is 0. The molecule has 0 fully saturated rings. The molecule has 11 nitrogen and oxygen atoms in total. The lowest BCUT2D eigenvalue weighted by Crippen LogP contribution is -2.42. The highest BCUT2D eigenvalue weighted by molar-refractivity contribution is 5.97. The molecule has 13 heteroatoms. The van der Waals surface area contributed by atoms with Crippen LogP contribution in [-0.2, 0) is 20.0 Å². The van der Waals surface area contributed by atoms with Gasteiger partial charge in [-0.15, -0.1) is 0 Å². The number of benzene rings is 2. The molecule has 0 saturated carbocycles. The molecule has 44 heavy (non-hydrogen) atoms. The third-order valence-corrected chi connectivity index (χ3v) is 6.93. The van der Waals surface area contributed by atoms with Crippen molar-refractivity contribution in [1.82, 2.24) is 28.3 Å². The number of rotatable bonds is 9. The number of aromatic nitrogens is 6. The smallest absolute Gasteiger partial charge is 0.335 e. The summed E-state index contributed by atoms with van der Waals surface area (Å²) in [7, 11) is 1.84. The van der Waals surface area contributed by atoms with Crippen molar-refractivity contribution in [1.29, 1.82) is 0 Å². The Kier molecular flexibility index (Phi) is 7.45. The van der Waals surface area contributed by atoms with Crippen LogP contribution in [0.1, 0.15) is 15.9 Å². The molecule has 0 saturated heterocycles. The number of hydrogen-bond acceptors (Lipinski definition) is 7. The number of carbonyl (C=O) groups is 1. The van der Waals surface area contributed by atoms with Gasteiger partial charge in [-0.3, -0.25) is 14.2 Å². The van der Waals surface area contributed by atoms with Gasteiger partial charge in [-0.2, -0.15) is 5.10 Å². The third-order valence-electron chi connectivity index (χ3n) is 6.93. The van der Waals surface area contributed by atoms with Crippen LogP contribution in [0.2, 0.25) is 0 Å². The van der Waals surface area contributed by atoms with E-state index in [1.54, 1.807) is 39.9 Å². The van der Waals surface area contributed by atoms with Gasteiger partial charge >= 0.3 is 5.69 Å². The van der Waals surface area contributed by atoms with Crippen molar-refractivity contribution in [3.8, 4) is 28.4 Å². The molecule has 4 aromatic heterocycles. The van der Waals surface area contributed by atoms with E-state index >= 15 is 4.39 Å². The molecule has 0 radical (unpaired) electrons. The molecular formula is C31H24F2N6O5. The number of hydrogen-bond donors (Lipinski definition) is 1. The van der Waals surface area contributed by atoms with Crippen LogP contribution < -0.4 is 16.0 Å². The molecule has 6 aromatic rings. The number of Topliss-reactive ketones (excluding diaryl/α,β-unsaturated/α-hetero) is 1. The summed E-state index contributed by atoms with van der Waals surface area (Å²) < 4.78 is 39.9. The fourth-order valence-corrected chi connectivity index (χ4v) is 4.80. The summed E-state index contributed by atoms with van der Waals surface area (Å²) in [6, 6.07) is 12.1. The normalized spacial score (nSPS) is 11.3. The van der Waals surface area contributed by atoms with Gasteiger partial charge in [-0.05, 0) is 54.1 Å². The van der Waals surface area contributed by atoms with E-state index in [0.717, 1.165) is 33.5 Å². The summed E-state index contributed by atoms with van der Waals surface area (Å²) in [5.74, 6) is -1.77. The second-order valence-corrected chi connectivity index (χ2v) is 10.0. The van der Waals surface area contributed by atoms with E-state index in [2.05, 4.69) is 10.1 Å². The molecule has 1 N–H and O–H groups in total. The highest BCUT2D eigenvalue weighted by Crippen LogP contribution is 2.32. The zero-order chi connectivity index (χ0) is 31.0. The molecule has 222 valence electrons. The second kappa shape index (κ2) is 11.5. The van der Waals surface area contributed by atoms with Crippen LogP contribution in [0.15, 0.2) is 95.3 Å². The first-order valence-corrected chi connectivity index (χ1v) is 13.4. The SMILES string of the molecule is Cn1cnc(-c2cc(Oc3ccc(CC(=O)c4cn(CCO)c(=O)n(-c5ccc(F)cc5)c4=O)cc3F)c3ccnn3c2)c1. The Hall–Kier alpha value is -5.69. The van der Waals surface area contributed by atoms with Crippen molar-refractivity contribution in [2.24, 2.45) is 7.05 Å². The van der Waals surface area contributed by atoms with Crippen LogP contribution in [0.5, 0.6) is 11.5 Å². The van der Waals surface area contributed by atoms with Crippen LogP contribution in [0.4, 0.5) is 8.78 Å². The predicted octanol–water partition coefficient (Wildman–Crippen LogP) is 3.54. The van der Waals surface area contributed by atoms with E-state index in [9.17, 15) is 23.9 Å². The first-order valence-electron chi connectivity index (χ1n) is 13.4. The average molecular weight is 599 g/mol. The molecule has 0 aliphatic rings. The maximum Gasteiger partial charge on any atom is 0.335 e. The monoisotopic (exact) mass is 598 g/mol. The molecule has 0 bridgehead atoms.